The Morgan fingerprint density at radius 1 is 1.22 bits per heavy atom. The van der Waals surface area contributed by atoms with Crippen molar-refractivity contribution in [3.05, 3.63) is 70.4 Å². The summed E-state index contributed by atoms with van der Waals surface area (Å²) in [5, 5.41) is 10.8. The minimum absolute atomic E-state index is 0.149. The van der Waals surface area contributed by atoms with Gasteiger partial charge in [0.05, 0.1) is 7.11 Å². The summed E-state index contributed by atoms with van der Waals surface area (Å²) in [6.45, 7) is 0.392. The third kappa shape index (κ3) is 4.97. The van der Waals surface area contributed by atoms with Crippen LogP contribution in [0.3, 0.4) is 0 Å². The Bertz CT molecular complexity index is 972. The predicted molar refractivity (Wildman–Crippen MR) is 99.0 cm³/mol. The SMILES string of the molecule is COc1cccc(-c2nnc(CCC(=O)NCc3cccnc3)c(=O)[nH]2)c1. The molecule has 8 nitrogen and oxygen atoms in total. The van der Waals surface area contributed by atoms with Gasteiger partial charge in [-0.25, -0.2) is 0 Å². The molecule has 2 heterocycles. The highest BCUT2D eigenvalue weighted by Gasteiger charge is 2.10. The summed E-state index contributed by atoms with van der Waals surface area (Å²) in [4.78, 5) is 30.9. The first-order valence-electron chi connectivity index (χ1n) is 8.41. The van der Waals surface area contributed by atoms with Gasteiger partial charge in [0.1, 0.15) is 11.4 Å². The van der Waals surface area contributed by atoms with Crippen molar-refractivity contribution < 1.29 is 9.53 Å². The Morgan fingerprint density at radius 2 is 2.11 bits per heavy atom. The average Bonchev–Trinajstić information content (AvgIpc) is 2.72. The number of benzene rings is 1. The number of carbonyl (C=O) groups is 1. The maximum absolute atomic E-state index is 12.2. The topological polar surface area (TPSA) is 110 Å². The van der Waals surface area contributed by atoms with Crippen molar-refractivity contribution in [2.45, 2.75) is 19.4 Å². The van der Waals surface area contributed by atoms with Crippen molar-refractivity contribution in [2.75, 3.05) is 7.11 Å². The average molecular weight is 365 g/mol. The van der Waals surface area contributed by atoms with E-state index in [4.69, 9.17) is 4.74 Å². The molecule has 0 saturated carbocycles. The predicted octanol–water partition coefficient (Wildman–Crippen LogP) is 1.48. The number of H-pyrrole nitrogens is 1. The molecule has 0 atom stereocenters. The number of pyridine rings is 1. The summed E-state index contributed by atoms with van der Waals surface area (Å²) in [5.74, 6) is 0.838. The van der Waals surface area contributed by atoms with E-state index in [1.807, 2.05) is 6.07 Å². The maximum atomic E-state index is 12.2. The number of rotatable bonds is 7. The van der Waals surface area contributed by atoms with Gasteiger partial charge in [-0.3, -0.25) is 14.6 Å². The summed E-state index contributed by atoms with van der Waals surface area (Å²) >= 11 is 0. The number of nitrogens with one attached hydrogen (secondary N) is 2. The van der Waals surface area contributed by atoms with Crippen molar-refractivity contribution >= 4 is 5.91 Å². The van der Waals surface area contributed by atoms with E-state index in [-0.39, 0.29) is 30.0 Å². The molecule has 1 aromatic carbocycles. The highest BCUT2D eigenvalue weighted by atomic mass is 16.5. The zero-order valence-corrected chi connectivity index (χ0v) is 14.8. The van der Waals surface area contributed by atoms with Crippen LogP contribution in [0.1, 0.15) is 17.7 Å². The number of aromatic nitrogens is 4. The van der Waals surface area contributed by atoms with Gasteiger partial charge in [-0.05, 0) is 23.8 Å². The molecular weight excluding hydrogens is 346 g/mol. The molecule has 138 valence electrons. The molecule has 1 amide bonds. The second-order valence-electron chi connectivity index (χ2n) is 5.82. The van der Waals surface area contributed by atoms with E-state index in [0.29, 0.717) is 23.7 Å². The lowest BCUT2D eigenvalue weighted by Crippen LogP contribution is -2.25. The molecule has 8 heteroatoms. The Labute approximate surface area is 155 Å². The fourth-order valence-electron chi connectivity index (χ4n) is 2.45. The van der Waals surface area contributed by atoms with Crippen LogP contribution >= 0.6 is 0 Å². The second kappa shape index (κ2) is 8.70. The number of amides is 1. The lowest BCUT2D eigenvalue weighted by molar-refractivity contribution is -0.121. The van der Waals surface area contributed by atoms with E-state index in [2.05, 4.69) is 25.5 Å². The Morgan fingerprint density at radius 3 is 2.85 bits per heavy atom. The second-order valence-corrected chi connectivity index (χ2v) is 5.82. The molecule has 0 spiro atoms. The van der Waals surface area contributed by atoms with Crippen LogP contribution in [0.2, 0.25) is 0 Å². The van der Waals surface area contributed by atoms with Crippen LogP contribution in [0.25, 0.3) is 11.4 Å². The van der Waals surface area contributed by atoms with Crippen molar-refractivity contribution in [1.82, 2.24) is 25.5 Å². The Hall–Kier alpha value is -3.55. The number of methoxy groups -OCH3 is 1. The third-order valence-electron chi connectivity index (χ3n) is 3.91. The number of aryl methyl sites for hydroxylation is 1. The lowest BCUT2D eigenvalue weighted by atomic mass is 10.2. The van der Waals surface area contributed by atoms with E-state index >= 15 is 0 Å². The highest BCUT2D eigenvalue weighted by molar-refractivity contribution is 5.76. The number of aromatic amines is 1. The molecule has 3 rings (SSSR count). The molecule has 2 aromatic heterocycles. The standard InChI is InChI=1S/C19H19N5O3/c1-27-15-6-2-5-14(10-15)18-22-19(26)16(23-24-18)7-8-17(25)21-12-13-4-3-9-20-11-13/h2-6,9-11H,7-8,12H2,1H3,(H,21,25)(H,22,24,26). The number of hydrogen-bond acceptors (Lipinski definition) is 6. The summed E-state index contributed by atoms with van der Waals surface area (Å²) in [5.41, 5.74) is 1.46. The van der Waals surface area contributed by atoms with Crippen molar-refractivity contribution in [1.29, 1.82) is 0 Å². The summed E-state index contributed by atoms with van der Waals surface area (Å²) in [6.07, 6.45) is 3.72. The Kier molecular flexibility index (Phi) is 5.88. The quantitative estimate of drug-likeness (QED) is 0.656. The fraction of sp³-hybridized carbons (Fsp3) is 0.211. The zero-order valence-electron chi connectivity index (χ0n) is 14.8. The summed E-state index contributed by atoms with van der Waals surface area (Å²) in [7, 11) is 1.57. The van der Waals surface area contributed by atoms with Gasteiger partial charge in [-0.1, -0.05) is 18.2 Å². The van der Waals surface area contributed by atoms with Gasteiger partial charge < -0.3 is 15.0 Å². The van der Waals surface area contributed by atoms with Crippen LogP contribution in [0.15, 0.2) is 53.6 Å². The van der Waals surface area contributed by atoms with Crippen LogP contribution in [-0.2, 0) is 17.8 Å². The Balaban J connectivity index is 1.59. The molecule has 2 N–H and O–H groups in total. The number of ether oxygens (including phenoxy) is 1. The van der Waals surface area contributed by atoms with Gasteiger partial charge in [0.25, 0.3) is 5.56 Å². The number of hydrogen-bond donors (Lipinski definition) is 2. The minimum Gasteiger partial charge on any atom is -0.497 e. The molecule has 0 aliphatic carbocycles. The maximum Gasteiger partial charge on any atom is 0.273 e. The normalized spacial score (nSPS) is 10.4. The highest BCUT2D eigenvalue weighted by Crippen LogP contribution is 2.19. The van der Waals surface area contributed by atoms with E-state index < -0.39 is 0 Å². The smallest absolute Gasteiger partial charge is 0.273 e. The summed E-state index contributed by atoms with van der Waals surface area (Å²) < 4.78 is 5.16. The molecular formula is C19H19N5O3. The molecule has 0 unspecified atom stereocenters. The first kappa shape index (κ1) is 18.2. The molecule has 27 heavy (non-hydrogen) atoms. The largest absolute Gasteiger partial charge is 0.497 e. The van der Waals surface area contributed by atoms with Gasteiger partial charge in [-0.15, -0.1) is 10.2 Å². The van der Waals surface area contributed by atoms with Crippen LogP contribution in [0.4, 0.5) is 0 Å². The van der Waals surface area contributed by atoms with Crippen molar-refractivity contribution in [2.24, 2.45) is 0 Å². The fourth-order valence-corrected chi connectivity index (χ4v) is 2.45. The molecule has 0 fully saturated rings. The van der Waals surface area contributed by atoms with Gasteiger partial charge in [0, 0.05) is 37.3 Å². The van der Waals surface area contributed by atoms with E-state index in [0.717, 1.165) is 5.56 Å². The summed E-state index contributed by atoms with van der Waals surface area (Å²) in [6, 6.07) is 10.8. The van der Waals surface area contributed by atoms with Crippen LogP contribution in [0.5, 0.6) is 5.75 Å². The molecule has 0 radical (unpaired) electrons. The van der Waals surface area contributed by atoms with Gasteiger partial charge in [-0.2, -0.15) is 0 Å². The molecule has 0 aliphatic rings. The van der Waals surface area contributed by atoms with Crippen molar-refractivity contribution in [3.8, 4) is 17.1 Å². The monoisotopic (exact) mass is 365 g/mol. The van der Waals surface area contributed by atoms with Gasteiger partial charge in [0.15, 0.2) is 5.82 Å². The zero-order chi connectivity index (χ0) is 19.1. The van der Waals surface area contributed by atoms with E-state index in [9.17, 15) is 9.59 Å². The van der Waals surface area contributed by atoms with Gasteiger partial charge >= 0.3 is 0 Å². The van der Waals surface area contributed by atoms with Gasteiger partial charge in [0.2, 0.25) is 5.91 Å². The molecule has 3 aromatic rings. The lowest BCUT2D eigenvalue weighted by Gasteiger charge is -2.06. The van der Waals surface area contributed by atoms with Crippen LogP contribution in [-0.4, -0.2) is 33.2 Å². The van der Waals surface area contributed by atoms with Crippen LogP contribution in [0, 0.1) is 0 Å². The molecule has 0 aliphatic heterocycles. The number of carbonyl (C=O) groups excluding carboxylic acids is 1. The van der Waals surface area contributed by atoms with Crippen LogP contribution < -0.4 is 15.6 Å². The van der Waals surface area contributed by atoms with E-state index in [1.54, 1.807) is 49.8 Å². The molecule has 0 bridgehead atoms. The van der Waals surface area contributed by atoms with Crippen molar-refractivity contribution in [3.63, 3.8) is 0 Å². The molecule has 0 saturated heterocycles. The van der Waals surface area contributed by atoms with E-state index in [1.165, 1.54) is 0 Å². The minimum atomic E-state index is -0.358. The number of nitrogens with zero attached hydrogens (tertiary/aromatic N) is 3. The third-order valence-corrected chi connectivity index (χ3v) is 3.91. The first-order valence-corrected chi connectivity index (χ1v) is 8.41. The first-order chi connectivity index (χ1) is 13.2.